The number of urea groups is 1. The fraction of sp³-hybridized carbons (Fsp3) is 0.682. The minimum atomic E-state index is -1.04. The van der Waals surface area contributed by atoms with Crippen LogP contribution in [0.4, 0.5) is 4.79 Å². The molecule has 4 rings (SSSR count). The summed E-state index contributed by atoms with van der Waals surface area (Å²) >= 11 is 0. The average Bonchev–Trinajstić information content (AvgIpc) is 3.48. The molecule has 1 aliphatic carbocycles. The van der Waals surface area contributed by atoms with Crippen molar-refractivity contribution >= 4 is 17.8 Å². The Morgan fingerprint density at radius 1 is 1.20 bits per heavy atom. The van der Waals surface area contributed by atoms with Gasteiger partial charge in [-0.1, -0.05) is 12.8 Å². The van der Waals surface area contributed by atoms with Crippen molar-refractivity contribution in [2.75, 3.05) is 20.6 Å². The zero-order valence-corrected chi connectivity index (χ0v) is 17.9. The first-order valence-corrected chi connectivity index (χ1v) is 11.1. The lowest BCUT2D eigenvalue weighted by atomic mass is 9.85. The van der Waals surface area contributed by atoms with Crippen LogP contribution in [0, 0.1) is 5.92 Å². The molecule has 30 heavy (non-hydrogen) atoms. The number of furan rings is 1. The number of nitrogens with zero attached hydrogens (tertiary/aromatic N) is 2. The lowest BCUT2D eigenvalue weighted by molar-refractivity contribution is -0.140. The van der Waals surface area contributed by atoms with Gasteiger partial charge < -0.3 is 20.0 Å². The van der Waals surface area contributed by atoms with Crippen LogP contribution in [-0.4, -0.2) is 59.9 Å². The molecule has 1 aromatic rings. The second-order valence-electron chi connectivity index (χ2n) is 8.90. The summed E-state index contributed by atoms with van der Waals surface area (Å²) in [7, 11) is 3.38. The molecule has 3 fully saturated rings. The van der Waals surface area contributed by atoms with Crippen molar-refractivity contribution in [3.05, 3.63) is 24.2 Å². The van der Waals surface area contributed by atoms with Gasteiger partial charge in [0.25, 0.3) is 0 Å². The van der Waals surface area contributed by atoms with E-state index in [0.29, 0.717) is 25.1 Å². The van der Waals surface area contributed by atoms with Crippen molar-refractivity contribution in [2.24, 2.45) is 5.92 Å². The van der Waals surface area contributed by atoms with Gasteiger partial charge in [-0.25, -0.2) is 4.79 Å². The molecule has 0 aromatic carbocycles. The van der Waals surface area contributed by atoms with E-state index in [4.69, 9.17) is 4.42 Å². The summed E-state index contributed by atoms with van der Waals surface area (Å²) in [5, 5.41) is 5.89. The van der Waals surface area contributed by atoms with Crippen LogP contribution < -0.4 is 10.6 Å². The molecule has 3 aliphatic rings. The van der Waals surface area contributed by atoms with Crippen LogP contribution in [0.3, 0.4) is 0 Å². The zero-order valence-electron chi connectivity index (χ0n) is 17.9. The van der Waals surface area contributed by atoms with Gasteiger partial charge in [-0.15, -0.1) is 0 Å². The summed E-state index contributed by atoms with van der Waals surface area (Å²) in [6.07, 6.45) is 8.22. The van der Waals surface area contributed by atoms with Crippen LogP contribution in [0.15, 0.2) is 22.8 Å². The van der Waals surface area contributed by atoms with E-state index >= 15 is 0 Å². The molecular weight excluding hydrogens is 384 g/mol. The van der Waals surface area contributed by atoms with Gasteiger partial charge in [0.2, 0.25) is 11.8 Å². The third-order valence-corrected chi connectivity index (χ3v) is 7.08. The first-order valence-electron chi connectivity index (χ1n) is 11.1. The Labute approximate surface area is 177 Å². The van der Waals surface area contributed by atoms with Gasteiger partial charge in [-0.05, 0) is 50.7 Å². The molecule has 2 saturated heterocycles. The molecule has 1 spiro atoms. The van der Waals surface area contributed by atoms with Crippen LogP contribution in [0.5, 0.6) is 0 Å². The van der Waals surface area contributed by atoms with Crippen molar-refractivity contribution in [1.82, 2.24) is 20.4 Å². The summed E-state index contributed by atoms with van der Waals surface area (Å²) in [5.41, 5.74) is -1.04. The van der Waals surface area contributed by atoms with Crippen LogP contribution >= 0.6 is 0 Å². The van der Waals surface area contributed by atoms with E-state index < -0.39 is 17.5 Å². The van der Waals surface area contributed by atoms with Gasteiger partial charge in [0, 0.05) is 26.7 Å². The van der Waals surface area contributed by atoms with Crippen LogP contribution in [0.25, 0.3) is 0 Å². The second-order valence-corrected chi connectivity index (χ2v) is 8.90. The topological polar surface area (TPSA) is 94.9 Å². The Kier molecular flexibility index (Phi) is 5.75. The van der Waals surface area contributed by atoms with Gasteiger partial charge in [0.05, 0.1) is 12.2 Å². The quantitative estimate of drug-likeness (QED) is 0.791. The standard InChI is InChI=1S/C22H32N4O4/c1-23-19(27)16-14-22(11-5-6-12-25(2)20(22)28)26(18(16)17-10-7-13-30-17)21(29)24-15-8-3-4-9-15/h7,10,13,15-16,18H,3-6,8-9,11-12,14H2,1-2H3,(H,23,27)(H,24,29)/t16-,18+,22-/m0/s1. The Hall–Kier alpha value is -2.51. The van der Waals surface area contributed by atoms with Crippen molar-refractivity contribution in [3.8, 4) is 0 Å². The van der Waals surface area contributed by atoms with Crippen LogP contribution in [0.1, 0.15) is 63.2 Å². The third-order valence-electron chi connectivity index (χ3n) is 7.08. The van der Waals surface area contributed by atoms with Crippen LogP contribution in [-0.2, 0) is 9.59 Å². The molecule has 0 unspecified atom stereocenters. The van der Waals surface area contributed by atoms with E-state index in [1.165, 1.54) is 0 Å². The zero-order chi connectivity index (χ0) is 21.3. The number of likely N-dealkylation sites (tertiary alicyclic amines) is 2. The van der Waals surface area contributed by atoms with E-state index in [0.717, 1.165) is 38.5 Å². The predicted molar refractivity (Wildman–Crippen MR) is 110 cm³/mol. The van der Waals surface area contributed by atoms with Crippen molar-refractivity contribution in [3.63, 3.8) is 0 Å². The van der Waals surface area contributed by atoms with E-state index in [1.807, 2.05) is 0 Å². The molecule has 8 nitrogen and oxygen atoms in total. The molecule has 2 N–H and O–H groups in total. The molecule has 0 bridgehead atoms. The first-order chi connectivity index (χ1) is 14.5. The van der Waals surface area contributed by atoms with Crippen molar-refractivity contribution in [1.29, 1.82) is 0 Å². The summed E-state index contributed by atoms with van der Waals surface area (Å²) < 4.78 is 5.69. The Bertz CT molecular complexity index is 789. The second kappa shape index (κ2) is 8.32. The van der Waals surface area contributed by atoms with Gasteiger partial charge in [0.15, 0.2) is 0 Å². The van der Waals surface area contributed by atoms with E-state index in [2.05, 4.69) is 10.6 Å². The van der Waals surface area contributed by atoms with E-state index in [1.54, 1.807) is 42.3 Å². The fourth-order valence-corrected chi connectivity index (χ4v) is 5.60. The maximum Gasteiger partial charge on any atom is 0.319 e. The molecule has 164 valence electrons. The predicted octanol–water partition coefficient (Wildman–Crippen LogP) is 2.42. The Morgan fingerprint density at radius 3 is 2.63 bits per heavy atom. The van der Waals surface area contributed by atoms with Gasteiger partial charge in [0.1, 0.15) is 17.3 Å². The highest BCUT2D eigenvalue weighted by Gasteiger charge is 2.61. The van der Waals surface area contributed by atoms with Crippen molar-refractivity contribution in [2.45, 2.75) is 69.0 Å². The Morgan fingerprint density at radius 2 is 1.97 bits per heavy atom. The normalized spacial score (nSPS) is 30.0. The summed E-state index contributed by atoms with van der Waals surface area (Å²) in [6, 6.07) is 2.79. The highest BCUT2D eigenvalue weighted by atomic mass is 16.3. The Balaban J connectivity index is 1.79. The smallest absolute Gasteiger partial charge is 0.319 e. The molecule has 8 heteroatoms. The fourth-order valence-electron chi connectivity index (χ4n) is 5.60. The third kappa shape index (κ3) is 3.46. The minimum Gasteiger partial charge on any atom is -0.467 e. The SMILES string of the molecule is CNC(=O)[C@H]1C[C@]2(CCCCN(C)C2=O)N(C(=O)NC2CCCC2)[C@H]1c1ccco1. The monoisotopic (exact) mass is 416 g/mol. The molecule has 1 aromatic heterocycles. The molecule has 3 atom stereocenters. The lowest BCUT2D eigenvalue weighted by Crippen LogP contribution is -2.60. The summed E-state index contributed by atoms with van der Waals surface area (Å²) in [4.78, 5) is 43.6. The highest BCUT2D eigenvalue weighted by Crippen LogP contribution is 2.50. The lowest BCUT2D eigenvalue weighted by Gasteiger charge is -2.40. The number of carbonyl (C=O) groups excluding carboxylic acids is 3. The molecule has 1 saturated carbocycles. The molecule has 2 aliphatic heterocycles. The van der Waals surface area contributed by atoms with E-state index in [9.17, 15) is 14.4 Å². The summed E-state index contributed by atoms with van der Waals surface area (Å²) in [6.45, 7) is 0.661. The van der Waals surface area contributed by atoms with Crippen molar-refractivity contribution < 1.29 is 18.8 Å². The van der Waals surface area contributed by atoms with Crippen LogP contribution in [0.2, 0.25) is 0 Å². The number of hydrogen-bond acceptors (Lipinski definition) is 4. The molecule has 3 heterocycles. The first kappa shape index (κ1) is 20.8. The van der Waals surface area contributed by atoms with Gasteiger partial charge in [-0.2, -0.15) is 0 Å². The molecule has 4 amide bonds. The number of nitrogens with one attached hydrogen (secondary N) is 2. The highest BCUT2D eigenvalue weighted by molar-refractivity contribution is 5.94. The average molecular weight is 417 g/mol. The number of carbonyl (C=O) groups is 3. The van der Waals surface area contributed by atoms with Gasteiger partial charge in [-0.3, -0.25) is 14.5 Å². The number of rotatable bonds is 3. The maximum absolute atomic E-state index is 13.7. The van der Waals surface area contributed by atoms with E-state index in [-0.39, 0.29) is 23.9 Å². The number of likely N-dealkylation sites (N-methyl/N-ethyl adjacent to an activating group) is 1. The van der Waals surface area contributed by atoms with Gasteiger partial charge >= 0.3 is 6.03 Å². The largest absolute Gasteiger partial charge is 0.467 e. The summed E-state index contributed by atoms with van der Waals surface area (Å²) in [5.74, 6) is -0.260. The maximum atomic E-state index is 13.7. The molecule has 0 radical (unpaired) electrons. The number of hydrogen-bond donors (Lipinski definition) is 2. The number of amides is 4. The minimum absolute atomic E-state index is 0.0791. The molecular formula is C22H32N4O4.